The molecule has 42 heavy (non-hydrogen) atoms. The lowest BCUT2D eigenvalue weighted by Crippen LogP contribution is -2.86. The number of rotatable bonds is 7. The monoisotopic (exact) mass is 587 g/mol. The van der Waals surface area contributed by atoms with Crippen molar-refractivity contribution in [2.24, 2.45) is 16.7 Å². The van der Waals surface area contributed by atoms with E-state index < -0.39 is 76.2 Å². The summed E-state index contributed by atoms with van der Waals surface area (Å²) in [5.74, 6) is -3.17. The lowest BCUT2D eigenvalue weighted by atomic mass is 9.40. The molecule has 0 unspecified atom stereocenters. The normalized spacial score (nSPS) is 39.2. The maximum atomic E-state index is 14.0. The van der Waals surface area contributed by atoms with Crippen molar-refractivity contribution < 1.29 is 43.9 Å². The Morgan fingerprint density at radius 2 is 1.74 bits per heavy atom. The fourth-order valence-electron chi connectivity index (χ4n) is 7.97. The minimum atomic E-state index is -2.33. The van der Waals surface area contributed by atoms with Gasteiger partial charge in [0.2, 0.25) is 0 Å². The quantitative estimate of drug-likeness (QED) is 0.322. The first-order valence-electron chi connectivity index (χ1n) is 14.4. The Morgan fingerprint density at radius 1 is 1.12 bits per heavy atom. The fraction of sp³-hybridized carbons (Fsp3) is 0.656. The number of benzene rings is 1. The number of fused-ring (bicyclic) bond motifs is 3. The highest BCUT2D eigenvalue weighted by atomic mass is 16.6. The lowest BCUT2D eigenvalue weighted by Gasteiger charge is -2.71. The summed E-state index contributed by atoms with van der Waals surface area (Å²) in [4.78, 5) is 41.8. The van der Waals surface area contributed by atoms with E-state index in [1.807, 2.05) is 32.8 Å². The number of Topliss-reactive ketones (excluding diaryl/α,β-unsaturated/α-hetero) is 1. The van der Waals surface area contributed by atoms with E-state index in [1.54, 1.807) is 38.1 Å². The first-order valence-corrected chi connectivity index (χ1v) is 14.4. The van der Waals surface area contributed by atoms with Gasteiger partial charge in [0.1, 0.15) is 5.60 Å². The molecular weight excluding hydrogens is 542 g/mol. The molecule has 232 valence electrons. The molecule has 1 aliphatic heterocycles. The van der Waals surface area contributed by atoms with Crippen molar-refractivity contribution in [2.75, 3.05) is 20.7 Å². The van der Waals surface area contributed by atoms with Crippen LogP contribution in [0.5, 0.6) is 0 Å². The standard InChI is InChI=1S/C32H45NO9/c1-9-29(4)16-22(35)32(39)30(5)21(34)14-15-28(2,3)25(30)24(37)26(31(32,6)42-29)41-23(36)18-40-27(38)20-12-10-19(11-13-20)17-33(7)8/h9-13,21,24-26,34,37,39H,1,14-18H2,2-8H3/t21-,24-,25-,26-,29-,30-,31+,32-/m0/s1. The second-order valence-electron chi connectivity index (χ2n) is 13.8. The van der Waals surface area contributed by atoms with E-state index in [2.05, 4.69) is 6.58 Å². The summed E-state index contributed by atoms with van der Waals surface area (Å²) >= 11 is 0. The average molecular weight is 588 g/mol. The Morgan fingerprint density at radius 3 is 2.31 bits per heavy atom. The fourth-order valence-corrected chi connectivity index (χ4v) is 7.97. The van der Waals surface area contributed by atoms with Crippen molar-refractivity contribution in [1.82, 2.24) is 4.90 Å². The number of carbonyl (C=O) groups excluding carboxylic acids is 3. The Hall–Kier alpha value is -2.63. The van der Waals surface area contributed by atoms with Gasteiger partial charge in [-0.15, -0.1) is 6.58 Å². The van der Waals surface area contributed by atoms with Crippen LogP contribution in [0, 0.1) is 16.7 Å². The van der Waals surface area contributed by atoms with Crippen LogP contribution in [0.25, 0.3) is 0 Å². The molecule has 0 amide bonds. The highest BCUT2D eigenvalue weighted by molar-refractivity contribution is 5.93. The van der Waals surface area contributed by atoms with Gasteiger partial charge >= 0.3 is 11.9 Å². The molecule has 10 heteroatoms. The van der Waals surface area contributed by atoms with Crippen molar-refractivity contribution in [3.63, 3.8) is 0 Å². The maximum Gasteiger partial charge on any atom is 0.344 e. The lowest BCUT2D eigenvalue weighted by molar-refractivity contribution is -0.370. The molecular formula is C32H45NO9. The maximum absolute atomic E-state index is 14.0. The molecule has 8 atom stereocenters. The third-order valence-corrected chi connectivity index (χ3v) is 9.99. The summed E-state index contributed by atoms with van der Waals surface area (Å²) in [7, 11) is 3.87. The molecule has 3 fully saturated rings. The van der Waals surface area contributed by atoms with E-state index in [0.29, 0.717) is 19.4 Å². The predicted molar refractivity (Wildman–Crippen MR) is 153 cm³/mol. The molecule has 0 spiro atoms. The number of carbonyl (C=O) groups is 3. The third-order valence-electron chi connectivity index (χ3n) is 9.99. The molecule has 10 nitrogen and oxygen atoms in total. The molecule has 3 N–H and O–H groups in total. The van der Waals surface area contributed by atoms with E-state index in [4.69, 9.17) is 14.2 Å². The van der Waals surface area contributed by atoms with Crippen LogP contribution in [0.1, 0.15) is 69.8 Å². The van der Waals surface area contributed by atoms with Crippen LogP contribution in [-0.4, -0.2) is 93.8 Å². The molecule has 1 saturated heterocycles. The van der Waals surface area contributed by atoms with Crippen LogP contribution >= 0.6 is 0 Å². The number of ketones is 1. The molecule has 2 aliphatic carbocycles. The van der Waals surface area contributed by atoms with E-state index in [0.717, 1.165) is 5.56 Å². The Kier molecular flexibility index (Phi) is 8.32. The van der Waals surface area contributed by atoms with Crippen LogP contribution in [0.4, 0.5) is 0 Å². The zero-order valence-electron chi connectivity index (χ0n) is 25.7. The van der Waals surface area contributed by atoms with Crippen molar-refractivity contribution in [1.29, 1.82) is 0 Å². The molecule has 3 aliphatic rings. The van der Waals surface area contributed by atoms with E-state index in [9.17, 15) is 29.7 Å². The van der Waals surface area contributed by atoms with Crippen molar-refractivity contribution in [3.05, 3.63) is 48.0 Å². The van der Waals surface area contributed by atoms with Gasteiger partial charge in [0.05, 0.1) is 23.4 Å². The van der Waals surface area contributed by atoms with E-state index in [-0.39, 0.29) is 12.0 Å². The van der Waals surface area contributed by atoms with E-state index >= 15 is 0 Å². The number of hydrogen-bond acceptors (Lipinski definition) is 10. The van der Waals surface area contributed by atoms with Crippen molar-refractivity contribution >= 4 is 17.7 Å². The van der Waals surface area contributed by atoms with Gasteiger partial charge in [-0.2, -0.15) is 0 Å². The summed E-state index contributed by atoms with van der Waals surface area (Å²) < 4.78 is 17.4. The number of aliphatic hydroxyl groups excluding tert-OH is 2. The minimum absolute atomic E-state index is 0.222. The highest BCUT2D eigenvalue weighted by Gasteiger charge is 2.81. The molecule has 1 aromatic rings. The van der Waals surface area contributed by atoms with E-state index in [1.165, 1.54) is 13.0 Å². The van der Waals surface area contributed by atoms with Gasteiger partial charge in [0.25, 0.3) is 0 Å². The largest absolute Gasteiger partial charge is 0.454 e. The van der Waals surface area contributed by atoms with Gasteiger partial charge in [0, 0.05) is 24.3 Å². The number of ether oxygens (including phenoxy) is 3. The van der Waals surface area contributed by atoms with Gasteiger partial charge in [-0.1, -0.05) is 39.0 Å². The topological polar surface area (TPSA) is 143 Å². The van der Waals surface area contributed by atoms with Crippen molar-refractivity contribution in [2.45, 2.75) is 95.5 Å². The first-order chi connectivity index (χ1) is 19.4. The summed E-state index contributed by atoms with van der Waals surface area (Å²) in [6, 6.07) is 6.79. The summed E-state index contributed by atoms with van der Waals surface area (Å²) in [5.41, 5.74) is -6.49. The minimum Gasteiger partial charge on any atom is -0.454 e. The second-order valence-corrected chi connectivity index (χ2v) is 13.8. The van der Waals surface area contributed by atoms with Gasteiger partial charge in [-0.3, -0.25) is 4.79 Å². The number of nitrogens with zero attached hydrogens (tertiary/aromatic N) is 1. The SMILES string of the molecule is C=C[C@@]1(C)CC(=O)[C@]2(O)[C@@]3(C)[C@@H](O)CCC(C)(C)[C@@H]3[C@H](O)[C@H](OC(=O)COC(=O)c3ccc(CN(C)C)cc3)[C@@]2(C)O1. The van der Waals surface area contributed by atoms with Crippen LogP contribution in [-0.2, 0) is 30.3 Å². The summed E-state index contributed by atoms with van der Waals surface area (Å²) in [6.45, 7) is 12.1. The second kappa shape index (κ2) is 10.8. The molecule has 1 aromatic carbocycles. The van der Waals surface area contributed by atoms with Crippen LogP contribution in [0.15, 0.2) is 36.9 Å². The number of aliphatic hydroxyl groups is 3. The first kappa shape index (κ1) is 32.3. The Balaban J connectivity index is 1.64. The number of hydrogen-bond donors (Lipinski definition) is 3. The predicted octanol–water partition coefficient (Wildman–Crippen LogP) is 2.42. The summed E-state index contributed by atoms with van der Waals surface area (Å²) in [6.07, 6.45) is -2.10. The third kappa shape index (κ3) is 4.91. The van der Waals surface area contributed by atoms with Crippen molar-refractivity contribution in [3.8, 4) is 0 Å². The molecule has 0 bridgehead atoms. The van der Waals surface area contributed by atoms with Gasteiger partial charge in [0.15, 0.2) is 24.1 Å². The number of esters is 2. The van der Waals surface area contributed by atoms with Gasteiger partial charge in [-0.05, 0) is 63.9 Å². The molecule has 4 rings (SSSR count). The molecule has 0 radical (unpaired) electrons. The van der Waals surface area contributed by atoms with Crippen LogP contribution in [0.3, 0.4) is 0 Å². The van der Waals surface area contributed by atoms with Gasteiger partial charge < -0.3 is 34.4 Å². The zero-order chi connectivity index (χ0) is 31.5. The highest BCUT2D eigenvalue weighted by Crippen LogP contribution is 2.67. The smallest absolute Gasteiger partial charge is 0.344 e. The van der Waals surface area contributed by atoms with Crippen LogP contribution < -0.4 is 0 Å². The average Bonchev–Trinajstić information content (AvgIpc) is 2.90. The molecule has 0 aromatic heterocycles. The molecule has 1 heterocycles. The summed E-state index contributed by atoms with van der Waals surface area (Å²) in [5, 5.41) is 35.7. The van der Waals surface area contributed by atoms with Crippen LogP contribution in [0.2, 0.25) is 0 Å². The van der Waals surface area contributed by atoms with Gasteiger partial charge in [-0.25, -0.2) is 9.59 Å². The Bertz CT molecular complexity index is 1240. The zero-order valence-corrected chi connectivity index (χ0v) is 25.7. The Labute approximate surface area is 247 Å². The molecule has 2 saturated carbocycles.